The summed E-state index contributed by atoms with van der Waals surface area (Å²) in [5, 5.41) is 3.50. The Hall–Kier alpha value is -0.710. The van der Waals surface area contributed by atoms with Crippen LogP contribution in [0.25, 0.3) is 0 Å². The third-order valence-corrected chi connectivity index (χ3v) is 8.32. The van der Waals surface area contributed by atoms with Crippen molar-refractivity contribution in [1.82, 2.24) is 10.2 Å². The van der Waals surface area contributed by atoms with Crippen LogP contribution in [0.4, 0.5) is 0 Å². The van der Waals surface area contributed by atoms with Gasteiger partial charge in [0.2, 0.25) is 5.91 Å². The van der Waals surface area contributed by atoms with Crippen molar-refractivity contribution in [3.63, 3.8) is 0 Å². The summed E-state index contributed by atoms with van der Waals surface area (Å²) in [6.07, 6.45) is 8.95. The van der Waals surface area contributed by atoms with E-state index in [-0.39, 0.29) is 17.4 Å². The number of nitrogens with one attached hydrogen (secondary N) is 1. The van der Waals surface area contributed by atoms with E-state index in [1.165, 1.54) is 38.5 Å². The molecule has 4 aliphatic carbocycles. The highest BCUT2D eigenvalue weighted by molar-refractivity contribution is 8.01. The van der Waals surface area contributed by atoms with E-state index >= 15 is 0 Å². The number of carbonyl (C=O) groups excluding carboxylic acids is 2. The fraction of sp³-hybridized carbons (Fsp3) is 0.882. The Morgan fingerprint density at radius 1 is 1.14 bits per heavy atom. The number of hydrogen-bond acceptors (Lipinski definition) is 3. The van der Waals surface area contributed by atoms with Gasteiger partial charge in [-0.25, -0.2) is 0 Å². The minimum atomic E-state index is -0.569. The molecule has 1 atom stereocenters. The molecule has 0 radical (unpaired) electrons. The third-order valence-electron chi connectivity index (χ3n) is 6.84. The molecule has 4 bridgehead atoms. The summed E-state index contributed by atoms with van der Waals surface area (Å²) < 4.78 is 0. The molecule has 5 heteroatoms. The van der Waals surface area contributed by atoms with Crippen molar-refractivity contribution in [3.05, 3.63) is 0 Å². The molecule has 2 aliphatic heterocycles. The lowest BCUT2D eigenvalue weighted by Gasteiger charge is -2.57. The van der Waals surface area contributed by atoms with Crippen LogP contribution in [0.5, 0.6) is 0 Å². The first-order chi connectivity index (χ1) is 10.6. The number of nitrogens with zero attached hydrogens (tertiary/aromatic N) is 1. The molecule has 6 rings (SSSR count). The quantitative estimate of drug-likeness (QED) is 0.848. The Morgan fingerprint density at radius 3 is 2.41 bits per heavy atom. The number of thioether (sulfide) groups is 1. The van der Waals surface area contributed by atoms with Crippen molar-refractivity contribution in [1.29, 1.82) is 0 Å². The summed E-state index contributed by atoms with van der Waals surface area (Å²) in [4.78, 5) is 26.5. The van der Waals surface area contributed by atoms with Gasteiger partial charge >= 0.3 is 0 Å². The van der Waals surface area contributed by atoms with E-state index in [1.54, 1.807) is 11.8 Å². The fourth-order valence-corrected chi connectivity index (χ4v) is 7.80. The summed E-state index contributed by atoms with van der Waals surface area (Å²) in [6, 6.07) is 0. The molecule has 2 amide bonds. The van der Waals surface area contributed by atoms with Gasteiger partial charge in [0.25, 0.3) is 5.91 Å². The second-order valence-corrected chi connectivity index (χ2v) is 9.70. The van der Waals surface area contributed by atoms with Gasteiger partial charge in [-0.15, -0.1) is 11.8 Å². The van der Waals surface area contributed by atoms with Crippen molar-refractivity contribution in [2.45, 2.75) is 61.8 Å². The van der Waals surface area contributed by atoms with E-state index in [1.807, 2.05) is 4.90 Å². The van der Waals surface area contributed by atoms with Crippen molar-refractivity contribution >= 4 is 23.6 Å². The lowest BCUT2D eigenvalue weighted by molar-refractivity contribution is -0.139. The van der Waals surface area contributed by atoms with Crippen LogP contribution in [-0.2, 0) is 9.59 Å². The average Bonchev–Trinajstić information content (AvgIpc) is 2.99. The first kappa shape index (κ1) is 13.7. The molecule has 2 heterocycles. The maximum absolute atomic E-state index is 13.2. The molecule has 0 spiro atoms. The molecule has 0 aromatic carbocycles. The minimum absolute atomic E-state index is 0.0566. The number of fused-ring (bicyclic) bond motifs is 1. The highest BCUT2D eigenvalue weighted by atomic mass is 32.2. The molecule has 6 fully saturated rings. The fourth-order valence-electron chi connectivity index (χ4n) is 6.41. The molecule has 1 unspecified atom stereocenters. The van der Waals surface area contributed by atoms with Crippen molar-refractivity contribution in [3.8, 4) is 0 Å². The molecule has 22 heavy (non-hydrogen) atoms. The topological polar surface area (TPSA) is 49.4 Å². The predicted molar refractivity (Wildman–Crippen MR) is 85.2 cm³/mol. The standard InChI is InChI=1S/C17H24N2O2S/c20-14-1-2-17(19(14)3-4-22-17)15(21)18-16-8-11-5-12(9-16)7-13(6-11)10-16/h11-13H,1-10H2,(H,18,21). The first-order valence-corrected chi connectivity index (χ1v) is 9.84. The second-order valence-electron chi connectivity index (χ2n) is 8.33. The van der Waals surface area contributed by atoms with Gasteiger partial charge in [0.15, 0.2) is 4.87 Å². The van der Waals surface area contributed by atoms with Crippen LogP contribution < -0.4 is 5.32 Å². The van der Waals surface area contributed by atoms with E-state index < -0.39 is 4.87 Å². The van der Waals surface area contributed by atoms with E-state index in [2.05, 4.69) is 5.32 Å². The largest absolute Gasteiger partial charge is 0.348 e. The number of carbonyl (C=O) groups is 2. The molecular formula is C17H24N2O2S. The normalized spacial score (nSPS) is 48.8. The number of hydrogen-bond donors (Lipinski definition) is 1. The molecule has 4 saturated carbocycles. The Morgan fingerprint density at radius 2 is 1.77 bits per heavy atom. The van der Waals surface area contributed by atoms with Gasteiger partial charge in [0.05, 0.1) is 0 Å². The zero-order chi connectivity index (χ0) is 14.9. The SMILES string of the molecule is O=C1CCC2(C(=O)NC34CC5CC(CC(C5)C3)C4)SCCN12. The van der Waals surface area contributed by atoms with E-state index in [4.69, 9.17) is 0 Å². The molecule has 120 valence electrons. The van der Waals surface area contributed by atoms with Gasteiger partial charge in [0.1, 0.15) is 0 Å². The van der Waals surface area contributed by atoms with Gasteiger partial charge in [-0.1, -0.05) is 0 Å². The molecule has 4 nitrogen and oxygen atoms in total. The van der Waals surface area contributed by atoms with Gasteiger partial charge in [0, 0.05) is 24.3 Å². The zero-order valence-electron chi connectivity index (χ0n) is 13.0. The summed E-state index contributed by atoms with van der Waals surface area (Å²) in [6.45, 7) is 0.748. The van der Waals surface area contributed by atoms with Crippen molar-refractivity contribution in [2.75, 3.05) is 12.3 Å². The molecule has 6 aliphatic rings. The Labute approximate surface area is 135 Å². The lowest BCUT2D eigenvalue weighted by Crippen LogP contribution is -2.64. The van der Waals surface area contributed by atoms with Gasteiger partial charge in [-0.05, 0) is 62.7 Å². The Balaban J connectivity index is 1.40. The van der Waals surface area contributed by atoms with Crippen molar-refractivity contribution < 1.29 is 9.59 Å². The van der Waals surface area contributed by atoms with Crippen LogP contribution in [0.1, 0.15) is 51.4 Å². The molecule has 0 aromatic rings. The Bertz CT molecular complexity index is 513. The molecule has 1 N–H and O–H groups in total. The molecule has 2 saturated heterocycles. The van der Waals surface area contributed by atoms with Crippen LogP contribution in [-0.4, -0.2) is 39.4 Å². The smallest absolute Gasteiger partial charge is 0.256 e. The molecular weight excluding hydrogens is 296 g/mol. The summed E-state index contributed by atoms with van der Waals surface area (Å²) in [7, 11) is 0. The summed E-state index contributed by atoms with van der Waals surface area (Å²) in [5.74, 6) is 3.72. The highest BCUT2D eigenvalue weighted by Crippen LogP contribution is 2.56. The van der Waals surface area contributed by atoms with Crippen LogP contribution in [0.15, 0.2) is 0 Å². The average molecular weight is 320 g/mol. The van der Waals surface area contributed by atoms with Crippen molar-refractivity contribution in [2.24, 2.45) is 17.8 Å². The van der Waals surface area contributed by atoms with Gasteiger partial charge < -0.3 is 10.2 Å². The number of rotatable bonds is 2. The maximum Gasteiger partial charge on any atom is 0.256 e. The van der Waals surface area contributed by atoms with Gasteiger partial charge in [-0.2, -0.15) is 0 Å². The molecule has 0 aromatic heterocycles. The van der Waals surface area contributed by atoms with E-state index in [9.17, 15) is 9.59 Å². The van der Waals surface area contributed by atoms with Crippen LogP contribution >= 0.6 is 11.8 Å². The van der Waals surface area contributed by atoms with E-state index in [0.717, 1.165) is 30.1 Å². The zero-order valence-corrected chi connectivity index (χ0v) is 13.8. The number of amides is 2. The predicted octanol–water partition coefficient (Wildman–Crippen LogP) is 2.14. The minimum Gasteiger partial charge on any atom is -0.348 e. The lowest BCUT2D eigenvalue weighted by atomic mass is 9.53. The Kier molecular flexibility index (Phi) is 2.76. The monoisotopic (exact) mass is 320 g/mol. The van der Waals surface area contributed by atoms with Crippen LogP contribution in [0.2, 0.25) is 0 Å². The van der Waals surface area contributed by atoms with E-state index in [0.29, 0.717) is 12.8 Å². The maximum atomic E-state index is 13.2. The van der Waals surface area contributed by atoms with Crippen LogP contribution in [0, 0.1) is 17.8 Å². The second kappa shape index (κ2) is 4.43. The first-order valence-electron chi connectivity index (χ1n) is 8.86. The third kappa shape index (κ3) is 1.78. The summed E-state index contributed by atoms with van der Waals surface area (Å²) >= 11 is 1.69. The highest BCUT2D eigenvalue weighted by Gasteiger charge is 2.58. The van der Waals surface area contributed by atoms with Gasteiger partial charge in [-0.3, -0.25) is 9.59 Å². The van der Waals surface area contributed by atoms with Crippen LogP contribution in [0.3, 0.4) is 0 Å². The summed E-state index contributed by atoms with van der Waals surface area (Å²) in [5.41, 5.74) is 0.0566.